The maximum absolute atomic E-state index is 15.3. The number of hydrogen-bond acceptors (Lipinski definition) is 3. The van der Waals surface area contributed by atoms with Crippen molar-refractivity contribution in [2.45, 2.75) is 77.0 Å². The number of carbonyl (C=O) groups is 1. The van der Waals surface area contributed by atoms with Gasteiger partial charge in [-0.05, 0) is 46.1 Å². The lowest BCUT2D eigenvalue weighted by molar-refractivity contribution is -0.411. The Morgan fingerprint density at radius 1 is 1.07 bits per heavy atom. The smallest absolute Gasteiger partial charge is 0.414 e. The number of ether oxygens (including phenoxy) is 1. The molecule has 1 aromatic rings. The van der Waals surface area contributed by atoms with Crippen LogP contribution in [-0.2, 0) is 16.1 Å². The van der Waals surface area contributed by atoms with Crippen molar-refractivity contribution in [1.29, 1.82) is 0 Å². The molecule has 3 fully saturated rings. The van der Waals surface area contributed by atoms with Crippen molar-refractivity contribution in [1.82, 2.24) is 4.98 Å². The monoisotopic (exact) mass is 432 g/mol. The van der Waals surface area contributed by atoms with Crippen molar-refractivity contribution >= 4 is 11.8 Å². The molecule has 0 radical (unpaired) electrons. The molecule has 166 valence electrons. The van der Waals surface area contributed by atoms with Gasteiger partial charge in [-0.2, -0.15) is 13.2 Å². The summed E-state index contributed by atoms with van der Waals surface area (Å²) in [4.78, 5) is 18.2. The summed E-state index contributed by atoms with van der Waals surface area (Å²) in [6, 6.07) is 1.20. The fourth-order valence-corrected chi connectivity index (χ4v) is 5.12. The molecule has 1 aromatic heterocycles. The lowest BCUT2D eigenvalue weighted by Gasteiger charge is -2.72. The molecule has 4 nitrogen and oxygen atoms in total. The van der Waals surface area contributed by atoms with E-state index in [9.17, 15) is 18.0 Å². The Balaban J connectivity index is 1.65. The van der Waals surface area contributed by atoms with Crippen LogP contribution in [0.25, 0.3) is 0 Å². The van der Waals surface area contributed by atoms with Gasteiger partial charge in [0.05, 0.1) is 16.8 Å². The fourth-order valence-electron chi connectivity index (χ4n) is 5.12. The molecule has 2 heterocycles. The third kappa shape index (κ3) is 2.76. The highest BCUT2D eigenvalue weighted by molar-refractivity contribution is 5.91. The van der Waals surface area contributed by atoms with Crippen LogP contribution in [0.4, 0.5) is 32.4 Å². The van der Waals surface area contributed by atoms with Crippen molar-refractivity contribution in [3.63, 3.8) is 0 Å². The number of pyridine rings is 1. The van der Waals surface area contributed by atoms with Crippen LogP contribution in [0.3, 0.4) is 0 Å². The molecule has 9 heteroatoms. The highest BCUT2D eigenvalue weighted by Gasteiger charge is 2.85. The minimum Gasteiger partial charge on any atom is -0.443 e. The highest BCUT2D eigenvalue weighted by Crippen LogP contribution is 2.83. The van der Waals surface area contributed by atoms with Crippen LogP contribution in [0.5, 0.6) is 0 Å². The predicted molar refractivity (Wildman–Crippen MR) is 99.5 cm³/mol. The van der Waals surface area contributed by atoms with Gasteiger partial charge < -0.3 is 4.74 Å². The SMILES string of the molecule is CC(C)(C)OC(=O)N1CC(C)(C)c2ncc(C(F)(F)C34CC(C(F)(F)F)(C3)C4)cc21. The average molecular weight is 432 g/mol. The zero-order valence-electron chi connectivity index (χ0n) is 17.6. The van der Waals surface area contributed by atoms with Crippen LogP contribution < -0.4 is 4.90 Å². The zero-order valence-corrected chi connectivity index (χ0v) is 17.6. The number of hydrogen-bond donors (Lipinski definition) is 0. The number of alkyl halides is 5. The molecule has 0 saturated heterocycles. The lowest BCUT2D eigenvalue weighted by Crippen LogP contribution is -2.73. The van der Waals surface area contributed by atoms with E-state index in [4.69, 9.17) is 4.74 Å². The molecule has 0 aromatic carbocycles. The summed E-state index contributed by atoms with van der Waals surface area (Å²) in [7, 11) is 0. The predicted octanol–water partition coefficient (Wildman–Crippen LogP) is 5.94. The van der Waals surface area contributed by atoms with E-state index in [-0.39, 0.29) is 12.2 Å². The molecule has 4 aliphatic rings. The third-order valence-electron chi connectivity index (χ3n) is 6.63. The molecule has 5 rings (SSSR count). The first-order valence-corrected chi connectivity index (χ1v) is 9.89. The van der Waals surface area contributed by atoms with Gasteiger partial charge in [-0.3, -0.25) is 9.88 Å². The quantitative estimate of drug-likeness (QED) is 0.544. The minimum atomic E-state index is -4.46. The summed E-state index contributed by atoms with van der Waals surface area (Å²) in [5, 5.41) is 0. The number of rotatable bonds is 2. The Morgan fingerprint density at radius 2 is 1.63 bits per heavy atom. The molecule has 3 saturated carbocycles. The van der Waals surface area contributed by atoms with Crippen molar-refractivity contribution in [2.24, 2.45) is 10.8 Å². The largest absolute Gasteiger partial charge is 0.443 e. The van der Waals surface area contributed by atoms with Gasteiger partial charge in [-0.1, -0.05) is 13.8 Å². The van der Waals surface area contributed by atoms with Crippen LogP contribution in [0.2, 0.25) is 0 Å². The number of fused-ring (bicyclic) bond motifs is 1. The summed E-state index contributed by atoms with van der Waals surface area (Å²) < 4.78 is 75.3. The molecular weight excluding hydrogens is 407 g/mol. The second kappa shape index (κ2) is 5.65. The number of halogens is 5. The van der Waals surface area contributed by atoms with Gasteiger partial charge in [-0.15, -0.1) is 0 Å². The normalized spacial score (nSPS) is 29.7. The van der Waals surface area contributed by atoms with E-state index in [1.807, 2.05) is 13.8 Å². The summed E-state index contributed by atoms with van der Waals surface area (Å²) in [5.74, 6) is -3.46. The van der Waals surface area contributed by atoms with E-state index in [0.29, 0.717) is 5.69 Å². The number of aromatic nitrogens is 1. The molecule has 2 bridgehead atoms. The molecule has 0 spiro atoms. The zero-order chi connectivity index (χ0) is 22.5. The Hall–Kier alpha value is -1.93. The van der Waals surface area contributed by atoms with Crippen molar-refractivity contribution in [3.05, 3.63) is 23.5 Å². The van der Waals surface area contributed by atoms with Crippen molar-refractivity contribution in [2.75, 3.05) is 11.4 Å². The number of anilines is 1. The second-order valence-electron chi connectivity index (χ2n) is 10.7. The van der Waals surface area contributed by atoms with Crippen LogP contribution in [0, 0.1) is 10.8 Å². The minimum absolute atomic E-state index is 0.210. The van der Waals surface area contributed by atoms with Gasteiger partial charge in [-0.25, -0.2) is 13.6 Å². The van der Waals surface area contributed by atoms with E-state index in [2.05, 4.69) is 4.98 Å². The fraction of sp³-hybridized carbons (Fsp3) is 0.714. The van der Waals surface area contributed by atoms with Crippen LogP contribution in [0.15, 0.2) is 12.3 Å². The van der Waals surface area contributed by atoms with E-state index in [0.717, 1.165) is 6.20 Å². The molecular formula is C21H25F5N2O2. The van der Waals surface area contributed by atoms with Crippen LogP contribution in [0.1, 0.15) is 65.1 Å². The highest BCUT2D eigenvalue weighted by atomic mass is 19.4. The van der Waals surface area contributed by atoms with Gasteiger partial charge in [0.15, 0.2) is 0 Å². The number of carbonyl (C=O) groups excluding carboxylic acids is 1. The first-order valence-electron chi connectivity index (χ1n) is 9.89. The Kier molecular flexibility index (Phi) is 4.01. The molecule has 1 aliphatic heterocycles. The van der Waals surface area contributed by atoms with Gasteiger partial charge in [0.1, 0.15) is 5.60 Å². The Morgan fingerprint density at radius 3 is 2.13 bits per heavy atom. The van der Waals surface area contributed by atoms with Crippen LogP contribution in [-0.4, -0.2) is 29.4 Å². The van der Waals surface area contributed by atoms with E-state index >= 15 is 8.78 Å². The molecule has 3 aliphatic carbocycles. The summed E-state index contributed by atoms with van der Waals surface area (Å²) in [6.07, 6.45) is -5.81. The summed E-state index contributed by atoms with van der Waals surface area (Å²) in [5.41, 5.74) is -4.74. The van der Waals surface area contributed by atoms with E-state index in [1.54, 1.807) is 20.8 Å². The van der Waals surface area contributed by atoms with Crippen molar-refractivity contribution in [3.8, 4) is 0 Å². The topological polar surface area (TPSA) is 42.4 Å². The molecule has 0 unspecified atom stereocenters. The van der Waals surface area contributed by atoms with Gasteiger partial charge in [0.25, 0.3) is 5.92 Å². The maximum atomic E-state index is 15.3. The van der Waals surface area contributed by atoms with Crippen LogP contribution >= 0.6 is 0 Å². The Labute approximate surface area is 171 Å². The summed E-state index contributed by atoms with van der Waals surface area (Å²) >= 11 is 0. The maximum Gasteiger partial charge on any atom is 0.414 e. The average Bonchev–Trinajstić information content (AvgIpc) is 2.72. The lowest BCUT2D eigenvalue weighted by atomic mass is 9.32. The number of amides is 1. The Bertz CT molecular complexity index is 897. The first-order chi connectivity index (χ1) is 13.4. The summed E-state index contributed by atoms with van der Waals surface area (Å²) in [6.45, 7) is 9.01. The molecule has 0 N–H and O–H groups in total. The van der Waals surface area contributed by atoms with Crippen molar-refractivity contribution < 1.29 is 31.5 Å². The standard InChI is InChI=1S/C21H25F5N2O2/c1-16(2,3)30-15(29)28-11-17(4,5)14-13(28)6-12(7-27-14)20(22,23)18-8-19(9-18,10-18)21(24,25)26/h6-7H,8-11H2,1-5H3. The molecule has 0 atom stereocenters. The third-order valence-corrected chi connectivity index (χ3v) is 6.63. The van der Waals surface area contributed by atoms with Gasteiger partial charge in [0.2, 0.25) is 0 Å². The molecule has 1 amide bonds. The molecule has 30 heavy (non-hydrogen) atoms. The van der Waals surface area contributed by atoms with E-state index < -0.39 is 64.9 Å². The first kappa shape index (κ1) is 21.3. The van der Waals surface area contributed by atoms with Gasteiger partial charge in [0, 0.05) is 29.1 Å². The number of nitrogens with zero attached hydrogens (tertiary/aromatic N) is 2. The van der Waals surface area contributed by atoms with E-state index in [1.165, 1.54) is 11.0 Å². The second-order valence-corrected chi connectivity index (χ2v) is 10.7. The van der Waals surface area contributed by atoms with Gasteiger partial charge >= 0.3 is 12.3 Å².